The average Bonchev–Trinajstić information content (AvgIpc) is 3.40. The first kappa shape index (κ1) is 19.6. The molecule has 0 spiro atoms. The molecule has 0 N–H and O–H groups in total. The molecule has 162 valence electrons. The van der Waals surface area contributed by atoms with E-state index in [1.54, 1.807) is 0 Å². The van der Waals surface area contributed by atoms with Gasteiger partial charge in [0.25, 0.3) is 0 Å². The van der Waals surface area contributed by atoms with E-state index in [-0.39, 0.29) is 12.3 Å². The molecule has 3 aliphatic rings. The molecule has 1 unspecified atom stereocenters. The molecule has 1 fully saturated rings. The molecule has 32 heavy (non-hydrogen) atoms. The molecule has 0 bridgehead atoms. The van der Waals surface area contributed by atoms with Crippen molar-refractivity contribution in [1.82, 2.24) is 4.90 Å². The van der Waals surface area contributed by atoms with Crippen molar-refractivity contribution >= 4 is 11.1 Å². The van der Waals surface area contributed by atoms with Gasteiger partial charge in [0, 0.05) is 13.1 Å². The maximum atomic E-state index is 5.82. The van der Waals surface area contributed by atoms with Crippen LogP contribution in [0.15, 0.2) is 66.7 Å². The lowest BCUT2D eigenvalue weighted by Gasteiger charge is -2.43. The third kappa shape index (κ3) is 2.90. The van der Waals surface area contributed by atoms with Crippen molar-refractivity contribution in [2.75, 3.05) is 33.1 Å². The largest absolute Gasteiger partial charge is 0.454 e. The van der Waals surface area contributed by atoms with E-state index in [0.717, 1.165) is 37.8 Å². The smallest absolute Gasteiger partial charge is 0.231 e. The van der Waals surface area contributed by atoms with Gasteiger partial charge in [-0.05, 0) is 59.4 Å². The van der Waals surface area contributed by atoms with Gasteiger partial charge in [0.1, 0.15) is 0 Å². The summed E-state index contributed by atoms with van der Waals surface area (Å²) in [6, 6.07) is 24.1. The zero-order valence-electron chi connectivity index (χ0n) is 18.6. The van der Waals surface area contributed by atoms with E-state index in [4.69, 9.17) is 14.2 Å². The lowest BCUT2D eigenvalue weighted by atomic mass is 9.82. The van der Waals surface area contributed by atoms with E-state index in [1.807, 2.05) is 0 Å². The van der Waals surface area contributed by atoms with E-state index in [2.05, 4.69) is 85.5 Å². The quantitative estimate of drug-likeness (QED) is 0.574. The number of hydrogen-bond donors (Lipinski definition) is 0. The normalized spacial score (nSPS) is 22.3. The summed E-state index contributed by atoms with van der Waals surface area (Å²) < 4.78 is 17.4. The van der Waals surface area contributed by atoms with Crippen LogP contribution < -0.4 is 9.47 Å². The van der Waals surface area contributed by atoms with Gasteiger partial charge in [-0.3, -0.25) is 4.90 Å². The number of hydrogen-bond acceptors (Lipinski definition) is 4. The van der Waals surface area contributed by atoms with Crippen LogP contribution in [0.4, 0.5) is 0 Å². The first-order chi connectivity index (χ1) is 15.7. The first-order valence-corrected chi connectivity index (χ1v) is 11.3. The minimum absolute atomic E-state index is 0.279. The molecule has 3 aromatic rings. The second kappa shape index (κ2) is 7.51. The van der Waals surface area contributed by atoms with E-state index >= 15 is 0 Å². The highest BCUT2D eigenvalue weighted by molar-refractivity contribution is 6.07. The predicted octanol–water partition coefficient (Wildman–Crippen LogP) is 5.24. The van der Waals surface area contributed by atoms with Crippen LogP contribution in [0.25, 0.3) is 11.1 Å². The summed E-state index contributed by atoms with van der Waals surface area (Å²) in [6.45, 7) is 8.05. The number of fused-ring (bicyclic) bond motifs is 2. The zero-order valence-corrected chi connectivity index (χ0v) is 18.6. The minimum Gasteiger partial charge on any atom is -0.454 e. The maximum Gasteiger partial charge on any atom is 0.231 e. The fraction of sp³-hybridized carbons (Fsp3) is 0.286. The first-order valence-electron chi connectivity index (χ1n) is 11.3. The Bertz CT molecular complexity index is 1190. The van der Waals surface area contributed by atoms with Crippen molar-refractivity contribution in [1.29, 1.82) is 0 Å². The van der Waals surface area contributed by atoms with Crippen LogP contribution in [0.1, 0.15) is 34.7 Å². The van der Waals surface area contributed by atoms with Crippen LogP contribution in [0.3, 0.4) is 0 Å². The van der Waals surface area contributed by atoms with Gasteiger partial charge in [-0.1, -0.05) is 60.2 Å². The lowest BCUT2D eigenvalue weighted by Crippen LogP contribution is -2.49. The van der Waals surface area contributed by atoms with Gasteiger partial charge in [0.15, 0.2) is 11.5 Å². The number of aryl methyl sites for hydroxylation is 1. The molecule has 0 saturated carbocycles. The molecular weight excluding hydrogens is 398 g/mol. The molecule has 6 rings (SSSR count). The van der Waals surface area contributed by atoms with E-state index < -0.39 is 0 Å². The van der Waals surface area contributed by atoms with Crippen LogP contribution in [0, 0.1) is 6.92 Å². The number of ether oxygens (including phenoxy) is 3. The molecule has 3 aromatic carbocycles. The van der Waals surface area contributed by atoms with Gasteiger partial charge < -0.3 is 14.2 Å². The van der Waals surface area contributed by atoms with Gasteiger partial charge in [-0.15, -0.1) is 0 Å². The Kier molecular flexibility index (Phi) is 4.60. The monoisotopic (exact) mass is 425 g/mol. The second-order valence-corrected chi connectivity index (χ2v) is 8.90. The number of morpholine rings is 1. The van der Waals surface area contributed by atoms with Crippen molar-refractivity contribution < 1.29 is 14.2 Å². The summed E-state index contributed by atoms with van der Waals surface area (Å²) in [6.07, 6.45) is 0. The van der Waals surface area contributed by atoms with E-state index in [0.29, 0.717) is 0 Å². The third-order valence-electron chi connectivity index (χ3n) is 7.09. The third-order valence-corrected chi connectivity index (χ3v) is 7.09. The van der Waals surface area contributed by atoms with Crippen molar-refractivity contribution in [2.24, 2.45) is 0 Å². The highest BCUT2D eigenvalue weighted by Gasteiger charge is 2.47. The predicted molar refractivity (Wildman–Crippen MR) is 126 cm³/mol. The fourth-order valence-corrected chi connectivity index (χ4v) is 5.45. The van der Waals surface area contributed by atoms with Crippen LogP contribution in [0.5, 0.6) is 11.5 Å². The molecule has 0 amide bonds. The zero-order chi connectivity index (χ0) is 21.7. The fourth-order valence-electron chi connectivity index (χ4n) is 5.45. The van der Waals surface area contributed by atoms with Gasteiger partial charge >= 0.3 is 0 Å². The molecule has 0 radical (unpaired) electrons. The summed E-state index contributed by atoms with van der Waals surface area (Å²) in [5, 5.41) is 0. The van der Waals surface area contributed by atoms with Crippen LogP contribution >= 0.6 is 0 Å². The van der Waals surface area contributed by atoms with Gasteiger partial charge in [-0.2, -0.15) is 0 Å². The highest BCUT2D eigenvalue weighted by atomic mass is 16.7. The van der Waals surface area contributed by atoms with Crippen molar-refractivity contribution in [3.05, 3.63) is 94.5 Å². The molecule has 0 aromatic heterocycles. The number of nitrogens with zero attached hydrogens (tertiary/aromatic N) is 1. The number of rotatable bonds is 3. The average molecular weight is 426 g/mol. The van der Waals surface area contributed by atoms with Gasteiger partial charge in [-0.25, -0.2) is 0 Å². The molecular formula is C28H27NO3. The molecule has 1 saturated heterocycles. The van der Waals surface area contributed by atoms with Crippen molar-refractivity contribution in [2.45, 2.75) is 19.4 Å². The SMILES string of the molecule is Cc1ccc(C2=C(c3ccccc3)C(C)(N3CCOCC3)c3cc4c(cc32)OCO4)cc1. The summed E-state index contributed by atoms with van der Waals surface area (Å²) in [4.78, 5) is 2.57. The van der Waals surface area contributed by atoms with E-state index in [9.17, 15) is 0 Å². The molecule has 1 aliphatic carbocycles. The molecule has 4 heteroatoms. The Labute approximate surface area is 189 Å². The minimum atomic E-state index is -0.304. The molecule has 4 nitrogen and oxygen atoms in total. The Morgan fingerprint density at radius 3 is 2.22 bits per heavy atom. The summed E-state index contributed by atoms with van der Waals surface area (Å²) in [7, 11) is 0. The molecule has 2 aliphatic heterocycles. The van der Waals surface area contributed by atoms with Gasteiger partial charge in [0.05, 0.1) is 18.8 Å². The molecule has 2 heterocycles. The number of benzene rings is 3. The lowest BCUT2D eigenvalue weighted by molar-refractivity contribution is 0.00191. The summed E-state index contributed by atoms with van der Waals surface area (Å²) in [5.41, 5.74) is 8.55. The Morgan fingerprint density at radius 2 is 1.50 bits per heavy atom. The highest BCUT2D eigenvalue weighted by Crippen LogP contribution is 2.57. The summed E-state index contributed by atoms with van der Waals surface area (Å²) in [5.74, 6) is 1.66. The van der Waals surface area contributed by atoms with Crippen LogP contribution in [-0.2, 0) is 10.3 Å². The topological polar surface area (TPSA) is 30.9 Å². The standard InChI is InChI=1S/C28H27NO3/c1-19-8-10-20(11-9-19)26-22-16-24-25(32-18-31-24)17-23(22)28(2,29-12-14-30-15-13-29)27(26)21-6-4-3-5-7-21/h3-11,16-17H,12-15,18H2,1-2H3. The van der Waals surface area contributed by atoms with Crippen molar-refractivity contribution in [3.8, 4) is 11.5 Å². The van der Waals surface area contributed by atoms with Crippen LogP contribution in [0.2, 0.25) is 0 Å². The Morgan fingerprint density at radius 1 is 0.812 bits per heavy atom. The van der Waals surface area contributed by atoms with Crippen LogP contribution in [-0.4, -0.2) is 38.0 Å². The van der Waals surface area contributed by atoms with Crippen molar-refractivity contribution in [3.63, 3.8) is 0 Å². The maximum absolute atomic E-state index is 5.82. The second-order valence-electron chi connectivity index (χ2n) is 8.90. The summed E-state index contributed by atoms with van der Waals surface area (Å²) >= 11 is 0. The molecule has 1 atom stereocenters. The Balaban J connectivity index is 1.68. The van der Waals surface area contributed by atoms with E-state index in [1.165, 1.54) is 39.0 Å². The Hall–Kier alpha value is -3.08. The van der Waals surface area contributed by atoms with Gasteiger partial charge in [0.2, 0.25) is 6.79 Å².